The van der Waals surface area contributed by atoms with Crippen LogP contribution in [0, 0.1) is 11.8 Å². The SMILES string of the molecule is C=C/C=C/C(=C)C#CC=O. The number of carbonyl (C=O) groups is 1. The number of rotatable bonds is 2. The highest BCUT2D eigenvalue weighted by Crippen LogP contribution is 1.88. The molecule has 0 fully saturated rings. The average Bonchev–Trinajstić information content (AvgIpc) is 1.97. The van der Waals surface area contributed by atoms with E-state index in [9.17, 15) is 4.79 Å². The highest BCUT2D eigenvalue weighted by molar-refractivity contribution is 5.74. The Kier molecular flexibility index (Phi) is 4.72. The van der Waals surface area contributed by atoms with Crippen molar-refractivity contribution in [2.24, 2.45) is 0 Å². The van der Waals surface area contributed by atoms with Gasteiger partial charge in [0.25, 0.3) is 0 Å². The Morgan fingerprint density at radius 3 is 2.70 bits per heavy atom. The fraction of sp³-hybridized carbons (Fsp3) is 0. The lowest BCUT2D eigenvalue weighted by molar-refractivity contribution is -0.103. The molecule has 0 heterocycles. The summed E-state index contributed by atoms with van der Waals surface area (Å²) in [5.74, 6) is 4.76. The second-order valence-corrected chi connectivity index (χ2v) is 1.51. The molecule has 0 bridgehead atoms. The van der Waals surface area contributed by atoms with Crippen LogP contribution < -0.4 is 0 Å². The quantitative estimate of drug-likeness (QED) is 0.316. The average molecular weight is 132 g/mol. The summed E-state index contributed by atoms with van der Waals surface area (Å²) in [6.45, 7) is 7.03. The standard InChI is InChI=1S/C9H8O/c1-3-4-6-9(2)7-5-8-10/h3-4,6,8H,1-2H2/b6-4+. The van der Waals surface area contributed by atoms with Crippen molar-refractivity contribution in [3.63, 3.8) is 0 Å². The smallest absolute Gasteiger partial charge is 0.193 e. The van der Waals surface area contributed by atoms with Gasteiger partial charge in [-0.15, -0.1) is 0 Å². The predicted molar refractivity (Wildman–Crippen MR) is 42.3 cm³/mol. The van der Waals surface area contributed by atoms with Gasteiger partial charge in [0.1, 0.15) is 0 Å². The topological polar surface area (TPSA) is 17.1 Å². The minimum absolute atomic E-state index is 0.535. The zero-order chi connectivity index (χ0) is 7.82. The van der Waals surface area contributed by atoms with E-state index < -0.39 is 0 Å². The third-order valence-electron chi connectivity index (χ3n) is 0.725. The molecule has 50 valence electrons. The van der Waals surface area contributed by atoms with Crippen LogP contribution in [-0.4, -0.2) is 6.29 Å². The molecule has 0 spiro atoms. The minimum Gasteiger partial charge on any atom is -0.289 e. The minimum atomic E-state index is 0.535. The summed E-state index contributed by atoms with van der Waals surface area (Å²) < 4.78 is 0. The molecule has 1 nitrogen and oxygen atoms in total. The van der Waals surface area contributed by atoms with Crippen LogP contribution in [0.25, 0.3) is 0 Å². The van der Waals surface area contributed by atoms with Gasteiger partial charge in [-0.3, -0.25) is 4.79 Å². The molecule has 0 aromatic heterocycles. The molecular formula is C9H8O. The van der Waals surface area contributed by atoms with Crippen LogP contribution in [-0.2, 0) is 4.79 Å². The van der Waals surface area contributed by atoms with E-state index in [-0.39, 0.29) is 0 Å². The second-order valence-electron chi connectivity index (χ2n) is 1.51. The summed E-state index contributed by atoms with van der Waals surface area (Å²) >= 11 is 0. The summed E-state index contributed by atoms with van der Waals surface area (Å²) in [7, 11) is 0. The molecule has 0 rings (SSSR count). The van der Waals surface area contributed by atoms with E-state index in [0.29, 0.717) is 11.9 Å². The van der Waals surface area contributed by atoms with Crippen molar-refractivity contribution in [1.82, 2.24) is 0 Å². The largest absolute Gasteiger partial charge is 0.289 e. The molecule has 0 unspecified atom stereocenters. The van der Waals surface area contributed by atoms with Crippen LogP contribution in [0.1, 0.15) is 0 Å². The van der Waals surface area contributed by atoms with E-state index in [1.807, 2.05) is 0 Å². The Hall–Kier alpha value is -1.55. The number of hydrogen-bond acceptors (Lipinski definition) is 1. The van der Waals surface area contributed by atoms with E-state index in [2.05, 4.69) is 25.0 Å². The first-order valence-electron chi connectivity index (χ1n) is 2.74. The van der Waals surface area contributed by atoms with Crippen LogP contribution in [0.2, 0.25) is 0 Å². The molecule has 0 radical (unpaired) electrons. The van der Waals surface area contributed by atoms with Crippen molar-refractivity contribution >= 4 is 6.29 Å². The van der Waals surface area contributed by atoms with Gasteiger partial charge in [-0.25, -0.2) is 0 Å². The van der Waals surface area contributed by atoms with Crippen molar-refractivity contribution < 1.29 is 4.79 Å². The Morgan fingerprint density at radius 1 is 1.50 bits per heavy atom. The van der Waals surface area contributed by atoms with Crippen molar-refractivity contribution in [3.8, 4) is 11.8 Å². The molecule has 0 aliphatic heterocycles. The maximum absolute atomic E-state index is 9.72. The number of hydrogen-bond donors (Lipinski definition) is 0. The van der Waals surface area contributed by atoms with Crippen molar-refractivity contribution in [2.45, 2.75) is 0 Å². The molecule has 0 atom stereocenters. The molecule has 0 aliphatic rings. The van der Waals surface area contributed by atoms with Crippen molar-refractivity contribution in [3.05, 3.63) is 37.0 Å². The van der Waals surface area contributed by atoms with Crippen LogP contribution in [0.4, 0.5) is 0 Å². The van der Waals surface area contributed by atoms with E-state index in [1.165, 1.54) is 0 Å². The zero-order valence-corrected chi connectivity index (χ0v) is 5.63. The molecule has 0 amide bonds. The van der Waals surface area contributed by atoms with E-state index in [4.69, 9.17) is 0 Å². The second kappa shape index (κ2) is 5.58. The maximum atomic E-state index is 9.72. The fourth-order valence-corrected chi connectivity index (χ4v) is 0.348. The Balaban J connectivity index is 3.97. The maximum Gasteiger partial charge on any atom is 0.193 e. The molecule has 1 heteroatoms. The first kappa shape index (κ1) is 8.45. The molecule has 0 saturated carbocycles. The van der Waals surface area contributed by atoms with Gasteiger partial charge in [0, 0.05) is 5.57 Å². The summed E-state index contributed by atoms with van der Waals surface area (Å²) in [5.41, 5.74) is 0.604. The lowest BCUT2D eigenvalue weighted by Crippen LogP contribution is -1.66. The first-order chi connectivity index (χ1) is 4.81. The third-order valence-corrected chi connectivity index (χ3v) is 0.725. The van der Waals surface area contributed by atoms with E-state index in [1.54, 1.807) is 18.2 Å². The van der Waals surface area contributed by atoms with Gasteiger partial charge in [-0.1, -0.05) is 31.2 Å². The number of carbonyl (C=O) groups excluding carboxylic acids is 1. The van der Waals surface area contributed by atoms with Gasteiger partial charge in [0.2, 0.25) is 0 Å². The fourth-order valence-electron chi connectivity index (χ4n) is 0.348. The van der Waals surface area contributed by atoms with Crippen LogP contribution in [0.5, 0.6) is 0 Å². The Bertz CT molecular complexity index is 223. The third kappa shape index (κ3) is 4.61. The van der Waals surface area contributed by atoms with Crippen LogP contribution >= 0.6 is 0 Å². The van der Waals surface area contributed by atoms with Gasteiger partial charge in [0.05, 0.1) is 0 Å². The molecule has 0 aromatic carbocycles. The highest BCUT2D eigenvalue weighted by atomic mass is 16.1. The van der Waals surface area contributed by atoms with Gasteiger partial charge < -0.3 is 0 Å². The van der Waals surface area contributed by atoms with Gasteiger partial charge in [-0.2, -0.15) is 0 Å². The van der Waals surface area contributed by atoms with Crippen LogP contribution in [0.3, 0.4) is 0 Å². The summed E-state index contributed by atoms with van der Waals surface area (Å²) in [4.78, 5) is 9.72. The summed E-state index contributed by atoms with van der Waals surface area (Å²) in [6.07, 6.45) is 5.55. The molecule has 0 aromatic rings. The molecule has 0 aliphatic carbocycles. The predicted octanol–water partition coefficient (Wildman–Crippen LogP) is 1.49. The number of allylic oxidation sites excluding steroid dienone is 4. The molecule has 0 saturated heterocycles. The zero-order valence-electron chi connectivity index (χ0n) is 5.63. The van der Waals surface area contributed by atoms with Gasteiger partial charge in [-0.05, 0) is 12.0 Å². The highest BCUT2D eigenvalue weighted by Gasteiger charge is 1.73. The van der Waals surface area contributed by atoms with Crippen LogP contribution in [0.15, 0.2) is 37.0 Å². The Labute approximate surface area is 60.8 Å². The van der Waals surface area contributed by atoms with Gasteiger partial charge >= 0.3 is 0 Å². The lowest BCUT2D eigenvalue weighted by Gasteiger charge is -1.78. The van der Waals surface area contributed by atoms with Crippen molar-refractivity contribution in [1.29, 1.82) is 0 Å². The number of aldehydes is 1. The van der Waals surface area contributed by atoms with Gasteiger partial charge in [0.15, 0.2) is 6.29 Å². The molecule has 0 N–H and O–H groups in total. The van der Waals surface area contributed by atoms with Crippen molar-refractivity contribution in [2.75, 3.05) is 0 Å². The first-order valence-corrected chi connectivity index (χ1v) is 2.74. The summed E-state index contributed by atoms with van der Waals surface area (Å²) in [6, 6.07) is 0. The lowest BCUT2D eigenvalue weighted by atomic mass is 10.3. The monoisotopic (exact) mass is 132 g/mol. The summed E-state index contributed by atoms with van der Waals surface area (Å²) in [5, 5.41) is 0. The Morgan fingerprint density at radius 2 is 2.20 bits per heavy atom. The molecule has 10 heavy (non-hydrogen) atoms. The normalized spacial score (nSPS) is 8.00. The van der Waals surface area contributed by atoms with E-state index in [0.717, 1.165) is 0 Å². The van der Waals surface area contributed by atoms with E-state index >= 15 is 0 Å². The molecular weight excluding hydrogens is 124 g/mol.